The number of halogens is 1. The maximum atomic E-state index is 13.5. The van der Waals surface area contributed by atoms with Gasteiger partial charge in [-0.05, 0) is 66.4 Å². The Morgan fingerprint density at radius 1 is 1.06 bits per heavy atom. The summed E-state index contributed by atoms with van der Waals surface area (Å²) in [7, 11) is 0. The molecule has 4 atom stereocenters. The Balaban J connectivity index is 1.30. The SMILES string of the molecule is Fc1cccc(-c2ccc(/C=C/[C@@H]3[C@@H](CN4CCOCC4)C[C@H]4CCCC[C@H]43)nc2)c1. The van der Waals surface area contributed by atoms with Crippen LogP contribution in [0.25, 0.3) is 17.2 Å². The van der Waals surface area contributed by atoms with Crippen LogP contribution in [0, 0.1) is 29.5 Å². The van der Waals surface area contributed by atoms with E-state index >= 15 is 0 Å². The number of ether oxygens (including phenoxy) is 1. The molecular formula is C27H33FN2O. The van der Waals surface area contributed by atoms with Crippen molar-refractivity contribution in [2.75, 3.05) is 32.8 Å². The van der Waals surface area contributed by atoms with Crippen molar-refractivity contribution in [2.24, 2.45) is 23.7 Å². The molecule has 0 unspecified atom stereocenters. The van der Waals surface area contributed by atoms with E-state index in [1.165, 1.54) is 44.7 Å². The molecular weight excluding hydrogens is 387 g/mol. The van der Waals surface area contributed by atoms with Gasteiger partial charge in [0, 0.05) is 31.4 Å². The Morgan fingerprint density at radius 3 is 2.74 bits per heavy atom. The molecule has 3 aliphatic rings. The van der Waals surface area contributed by atoms with E-state index in [2.05, 4.69) is 28.1 Å². The number of benzene rings is 1. The van der Waals surface area contributed by atoms with E-state index in [1.807, 2.05) is 18.3 Å². The van der Waals surface area contributed by atoms with Crippen LogP contribution in [0.5, 0.6) is 0 Å². The molecule has 0 amide bonds. The van der Waals surface area contributed by atoms with Crippen LogP contribution in [0.4, 0.5) is 4.39 Å². The molecule has 0 radical (unpaired) electrons. The molecule has 0 spiro atoms. The van der Waals surface area contributed by atoms with Crippen molar-refractivity contribution in [3.63, 3.8) is 0 Å². The topological polar surface area (TPSA) is 25.4 Å². The fourth-order valence-corrected chi connectivity index (χ4v) is 6.10. The van der Waals surface area contributed by atoms with Gasteiger partial charge < -0.3 is 4.74 Å². The molecule has 2 aliphatic carbocycles. The fraction of sp³-hybridized carbons (Fsp3) is 0.519. The molecule has 0 N–H and O–H groups in total. The van der Waals surface area contributed by atoms with E-state index in [0.717, 1.165) is 60.9 Å². The molecule has 1 saturated heterocycles. The zero-order chi connectivity index (χ0) is 21.0. The molecule has 0 bridgehead atoms. The summed E-state index contributed by atoms with van der Waals surface area (Å²) >= 11 is 0. The number of nitrogens with zero attached hydrogens (tertiary/aromatic N) is 2. The van der Waals surface area contributed by atoms with Gasteiger partial charge in [0.1, 0.15) is 5.82 Å². The normalized spacial score (nSPS) is 29.3. The van der Waals surface area contributed by atoms with Crippen molar-refractivity contribution in [3.8, 4) is 11.1 Å². The van der Waals surface area contributed by atoms with Crippen molar-refractivity contribution in [3.05, 3.63) is 60.2 Å². The summed E-state index contributed by atoms with van der Waals surface area (Å²) in [5.41, 5.74) is 2.81. The monoisotopic (exact) mass is 420 g/mol. The average molecular weight is 421 g/mol. The molecule has 3 nitrogen and oxygen atoms in total. The second-order valence-electron chi connectivity index (χ2n) is 9.54. The quantitative estimate of drug-likeness (QED) is 0.623. The van der Waals surface area contributed by atoms with Crippen LogP contribution in [-0.4, -0.2) is 42.7 Å². The van der Waals surface area contributed by atoms with Gasteiger partial charge in [-0.2, -0.15) is 0 Å². The Morgan fingerprint density at radius 2 is 1.94 bits per heavy atom. The second kappa shape index (κ2) is 9.62. The number of hydrogen-bond donors (Lipinski definition) is 0. The van der Waals surface area contributed by atoms with Gasteiger partial charge >= 0.3 is 0 Å². The maximum Gasteiger partial charge on any atom is 0.123 e. The Kier molecular flexibility index (Phi) is 6.47. The van der Waals surface area contributed by atoms with Crippen molar-refractivity contribution in [2.45, 2.75) is 32.1 Å². The number of aromatic nitrogens is 1. The number of rotatable bonds is 5. The lowest BCUT2D eigenvalue weighted by molar-refractivity contribution is 0.0284. The lowest BCUT2D eigenvalue weighted by Crippen LogP contribution is -2.40. The highest BCUT2D eigenvalue weighted by Gasteiger charge is 2.43. The molecule has 2 saturated carbocycles. The van der Waals surface area contributed by atoms with Gasteiger partial charge in [0.2, 0.25) is 0 Å². The molecule has 2 aromatic rings. The van der Waals surface area contributed by atoms with E-state index < -0.39 is 0 Å². The molecule has 1 aromatic heterocycles. The van der Waals surface area contributed by atoms with Crippen LogP contribution in [-0.2, 0) is 4.74 Å². The zero-order valence-corrected chi connectivity index (χ0v) is 18.3. The van der Waals surface area contributed by atoms with Crippen molar-refractivity contribution in [1.29, 1.82) is 0 Å². The van der Waals surface area contributed by atoms with Gasteiger partial charge in [0.15, 0.2) is 0 Å². The lowest BCUT2D eigenvalue weighted by Gasteiger charge is -2.32. The van der Waals surface area contributed by atoms with Gasteiger partial charge in [-0.15, -0.1) is 0 Å². The van der Waals surface area contributed by atoms with Crippen LogP contribution in [0.3, 0.4) is 0 Å². The molecule has 31 heavy (non-hydrogen) atoms. The molecule has 164 valence electrons. The lowest BCUT2D eigenvalue weighted by atomic mass is 9.77. The Labute approximate surface area is 185 Å². The van der Waals surface area contributed by atoms with Crippen molar-refractivity contribution in [1.82, 2.24) is 9.88 Å². The number of fused-ring (bicyclic) bond motifs is 1. The largest absolute Gasteiger partial charge is 0.379 e. The molecule has 3 fully saturated rings. The van der Waals surface area contributed by atoms with Crippen LogP contribution in [0.1, 0.15) is 37.8 Å². The minimum absolute atomic E-state index is 0.212. The molecule has 1 aromatic carbocycles. The molecule has 5 rings (SSSR count). The number of morpholine rings is 1. The van der Waals surface area contributed by atoms with Gasteiger partial charge in [-0.1, -0.05) is 43.5 Å². The van der Waals surface area contributed by atoms with E-state index in [0.29, 0.717) is 5.92 Å². The van der Waals surface area contributed by atoms with Crippen molar-refractivity contribution >= 4 is 6.08 Å². The van der Waals surface area contributed by atoms with Gasteiger partial charge in [-0.25, -0.2) is 4.39 Å². The minimum atomic E-state index is -0.212. The van der Waals surface area contributed by atoms with E-state index in [1.54, 1.807) is 12.1 Å². The maximum absolute atomic E-state index is 13.5. The number of hydrogen-bond acceptors (Lipinski definition) is 3. The number of allylic oxidation sites excluding steroid dienone is 1. The van der Waals surface area contributed by atoms with Crippen LogP contribution in [0.2, 0.25) is 0 Å². The first-order valence-corrected chi connectivity index (χ1v) is 12.0. The summed E-state index contributed by atoms with van der Waals surface area (Å²) in [6, 6.07) is 10.8. The summed E-state index contributed by atoms with van der Waals surface area (Å²) in [6.07, 6.45) is 13.5. The third kappa shape index (κ3) is 4.91. The molecule has 4 heteroatoms. The third-order valence-corrected chi connectivity index (χ3v) is 7.64. The van der Waals surface area contributed by atoms with Gasteiger partial charge in [-0.3, -0.25) is 9.88 Å². The van der Waals surface area contributed by atoms with Crippen LogP contribution >= 0.6 is 0 Å². The second-order valence-corrected chi connectivity index (χ2v) is 9.54. The summed E-state index contributed by atoms with van der Waals surface area (Å²) in [6.45, 7) is 5.11. The van der Waals surface area contributed by atoms with Crippen LogP contribution in [0.15, 0.2) is 48.7 Å². The number of pyridine rings is 1. The highest BCUT2D eigenvalue weighted by atomic mass is 19.1. The first kappa shape index (κ1) is 20.8. The standard InChI is InChI=1S/C27H33FN2O/c28-24-6-3-5-20(17-24)22-8-9-25(29-18-22)10-11-27-23(19-30-12-14-31-15-13-30)16-21-4-1-2-7-26(21)27/h3,5-6,8-11,17-18,21,23,26-27H,1-2,4,7,12-16,19H2/b11-10+/t21-,23-,26-,27-/m1/s1. The first-order chi connectivity index (χ1) is 15.3. The summed E-state index contributed by atoms with van der Waals surface area (Å²) < 4.78 is 19.1. The van der Waals surface area contributed by atoms with E-state index in [-0.39, 0.29) is 5.82 Å². The average Bonchev–Trinajstić information content (AvgIpc) is 3.15. The predicted molar refractivity (Wildman–Crippen MR) is 123 cm³/mol. The predicted octanol–water partition coefficient (Wildman–Crippen LogP) is 5.68. The van der Waals surface area contributed by atoms with Gasteiger partial charge in [0.05, 0.1) is 18.9 Å². The van der Waals surface area contributed by atoms with Crippen LogP contribution < -0.4 is 0 Å². The van der Waals surface area contributed by atoms with E-state index in [9.17, 15) is 4.39 Å². The summed E-state index contributed by atoms with van der Waals surface area (Å²) in [4.78, 5) is 7.26. The zero-order valence-electron chi connectivity index (χ0n) is 18.3. The minimum Gasteiger partial charge on any atom is -0.379 e. The Hall–Kier alpha value is -2.04. The highest BCUT2D eigenvalue weighted by molar-refractivity contribution is 5.63. The van der Waals surface area contributed by atoms with Gasteiger partial charge in [0.25, 0.3) is 0 Å². The summed E-state index contributed by atoms with van der Waals surface area (Å²) in [5.74, 6) is 2.92. The Bertz CT molecular complexity index is 890. The van der Waals surface area contributed by atoms with E-state index in [4.69, 9.17) is 4.74 Å². The highest BCUT2D eigenvalue weighted by Crippen LogP contribution is 2.50. The fourth-order valence-electron chi connectivity index (χ4n) is 6.10. The summed E-state index contributed by atoms with van der Waals surface area (Å²) in [5, 5.41) is 0. The molecule has 2 heterocycles. The smallest absolute Gasteiger partial charge is 0.123 e. The first-order valence-electron chi connectivity index (χ1n) is 12.0. The third-order valence-electron chi connectivity index (χ3n) is 7.64. The van der Waals surface area contributed by atoms with Crippen molar-refractivity contribution < 1.29 is 9.13 Å². The molecule has 1 aliphatic heterocycles.